The Balaban J connectivity index is 1.73. The van der Waals surface area contributed by atoms with Gasteiger partial charge in [-0.1, -0.05) is 0 Å². The van der Waals surface area contributed by atoms with Crippen molar-refractivity contribution in [1.82, 2.24) is 19.6 Å². The maximum absolute atomic E-state index is 12.0. The van der Waals surface area contributed by atoms with E-state index in [2.05, 4.69) is 15.5 Å². The number of rotatable bonds is 4. The number of nitrogens with one attached hydrogen (secondary N) is 1. The van der Waals surface area contributed by atoms with E-state index in [4.69, 9.17) is 0 Å². The maximum Gasteiger partial charge on any atom is 0.269 e. The Labute approximate surface area is 111 Å². The Morgan fingerprint density at radius 2 is 2.21 bits per heavy atom. The highest BCUT2D eigenvalue weighted by atomic mass is 16.1. The number of nitrogens with zero attached hydrogens (tertiary/aromatic N) is 4. The van der Waals surface area contributed by atoms with E-state index in [0.717, 1.165) is 11.3 Å². The Morgan fingerprint density at radius 1 is 1.37 bits per heavy atom. The molecule has 3 rings (SSSR count). The fourth-order valence-electron chi connectivity index (χ4n) is 2.15. The summed E-state index contributed by atoms with van der Waals surface area (Å²) in [5.74, 6) is 0. The van der Waals surface area contributed by atoms with Gasteiger partial charge in [0.2, 0.25) is 0 Å². The van der Waals surface area contributed by atoms with Gasteiger partial charge in [0.15, 0.2) is 0 Å². The standard InChI is InChI=1S/C13H17N5O/c1-17-8-10(6-14-17)9-18-13(19)5-12(7-15-18)16-11-3-2-4-11/h5-8,11,16H,2-4,9H2,1H3. The minimum Gasteiger partial charge on any atom is -0.381 e. The quantitative estimate of drug-likeness (QED) is 0.889. The number of anilines is 1. The first-order chi connectivity index (χ1) is 9.20. The predicted molar refractivity (Wildman–Crippen MR) is 72.1 cm³/mol. The molecule has 0 atom stereocenters. The lowest BCUT2D eigenvalue weighted by Crippen LogP contribution is -2.29. The third kappa shape index (κ3) is 2.67. The molecule has 6 heteroatoms. The van der Waals surface area contributed by atoms with Crippen LogP contribution in [0.3, 0.4) is 0 Å². The second-order valence-electron chi connectivity index (χ2n) is 5.03. The lowest BCUT2D eigenvalue weighted by molar-refractivity contribution is 0.445. The fourth-order valence-corrected chi connectivity index (χ4v) is 2.15. The monoisotopic (exact) mass is 259 g/mol. The normalized spacial score (nSPS) is 15.2. The van der Waals surface area contributed by atoms with E-state index in [9.17, 15) is 4.79 Å². The van der Waals surface area contributed by atoms with Crippen molar-refractivity contribution in [3.05, 3.63) is 40.6 Å². The van der Waals surface area contributed by atoms with E-state index in [1.54, 1.807) is 23.1 Å². The Hall–Kier alpha value is -2.11. The zero-order valence-corrected chi connectivity index (χ0v) is 10.9. The molecule has 2 aromatic heterocycles. The van der Waals surface area contributed by atoms with E-state index in [0.29, 0.717) is 12.6 Å². The van der Waals surface area contributed by atoms with Gasteiger partial charge in [0.05, 0.1) is 24.6 Å². The number of hydrogen-bond acceptors (Lipinski definition) is 4. The van der Waals surface area contributed by atoms with Gasteiger partial charge in [0.25, 0.3) is 5.56 Å². The summed E-state index contributed by atoms with van der Waals surface area (Å²) in [5, 5.41) is 11.6. The molecule has 2 heterocycles. The van der Waals surface area contributed by atoms with Crippen molar-refractivity contribution in [2.45, 2.75) is 31.8 Å². The fraction of sp³-hybridized carbons (Fsp3) is 0.462. The summed E-state index contributed by atoms with van der Waals surface area (Å²) in [5.41, 5.74) is 1.70. The van der Waals surface area contributed by atoms with E-state index < -0.39 is 0 Å². The summed E-state index contributed by atoms with van der Waals surface area (Å²) in [7, 11) is 1.85. The van der Waals surface area contributed by atoms with Crippen LogP contribution in [0.25, 0.3) is 0 Å². The van der Waals surface area contributed by atoms with Crippen LogP contribution in [0.15, 0.2) is 29.5 Å². The first-order valence-electron chi connectivity index (χ1n) is 6.52. The molecule has 2 aromatic rings. The zero-order chi connectivity index (χ0) is 13.2. The van der Waals surface area contributed by atoms with Crippen LogP contribution in [0.5, 0.6) is 0 Å². The van der Waals surface area contributed by atoms with Crippen LogP contribution >= 0.6 is 0 Å². The van der Waals surface area contributed by atoms with Crippen LogP contribution in [-0.4, -0.2) is 25.6 Å². The van der Waals surface area contributed by atoms with Crippen molar-refractivity contribution in [2.75, 3.05) is 5.32 Å². The van der Waals surface area contributed by atoms with Gasteiger partial charge in [-0.15, -0.1) is 0 Å². The number of hydrogen-bond donors (Lipinski definition) is 1. The highest BCUT2D eigenvalue weighted by Crippen LogP contribution is 2.21. The Kier molecular flexibility index (Phi) is 3.06. The molecule has 0 unspecified atom stereocenters. The molecule has 1 aliphatic carbocycles. The first kappa shape index (κ1) is 12.0. The molecule has 100 valence electrons. The summed E-state index contributed by atoms with van der Waals surface area (Å²) in [6.07, 6.45) is 8.97. The summed E-state index contributed by atoms with van der Waals surface area (Å²) >= 11 is 0. The van der Waals surface area contributed by atoms with Gasteiger partial charge in [-0.05, 0) is 19.3 Å². The van der Waals surface area contributed by atoms with Gasteiger partial charge >= 0.3 is 0 Å². The van der Waals surface area contributed by atoms with E-state index >= 15 is 0 Å². The zero-order valence-electron chi connectivity index (χ0n) is 10.9. The van der Waals surface area contributed by atoms with Crippen molar-refractivity contribution in [1.29, 1.82) is 0 Å². The van der Waals surface area contributed by atoms with Crippen molar-refractivity contribution < 1.29 is 0 Å². The van der Waals surface area contributed by atoms with Gasteiger partial charge in [-0.3, -0.25) is 9.48 Å². The van der Waals surface area contributed by atoms with E-state index in [1.807, 2.05) is 13.2 Å². The average Bonchev–Trinajstić information content (AvgIpc) is 2.73. The second kappa shape index (κ2) is 4.87. The smallest absolute Gasteiger partial charge is 0.269 e. The predicted octanol–water partition coefficient (Wildman–Crippen LogP) is 0.989. The van der Waals surface area contributed by atoms with Gasteiger partial charge in [-0.25, -0.2) is 4.68 Å². The lowest BCUT2D eigenvalue weighted by Gasteiger charge is -2.27. The molecule has 19 heavy (non-hydrogen) atoms. The molecular weight excluding hydrogens is 242 g/mol. The minimum absolute atomic E-state index is 0.0897. The molecule has 6 nitrogen and oxygen atoms in total. The van der Waals surface area contributed by atoms with Crippen molar-refractivity contribution in [2.24, 2.45) is 7.05 Å². The third-order valence-corrected chi connectivity index (χ3v) is 3.44. The first-order valence-corrected chi connectivity index (χ1v) is 6.52. The minimum atomic E-state index is -0.0897. The molecular formula is C13H17N5O. The molecule has 0 saturated heterocycles. The van der Waals surface area contributed by atoms with E-state index in [1.165, 1.54) is 23.9 Å². The number of aromatic nitrogens is 4. The van der Waals surface area contributed by atoms with Gasteiger partial charge < -0.3 is 5.32 Å². The van der Waals surface area contributed by atoms with Gasteiger partial charge in [0.1, 0.15) is 0 Å². The summed E-state index contributed by atoms with van der Waals surface area (Å²) in [6.45, 7) is 0.455. The largest absolute Gasteiger partial charge is 0.381 e. The van der Waals surface area contributed by atoms with Crippen LogP contribution in [0.2, 0.25) is 0 Å². The molecule has 0 radical (unpaired) electrons. The number of aryl methyl sites for hydroxylation is 1. The third-order valence-electron chi connectivity index (χ3n) is 3.44. The van der Waals surface area contributed by atoms with Crippen LogP contribution in [0.1, 0.15) is 24.8 Å². The lowest BCUT2D eigenvalue weighted by atomic mass is 9.93. The van der Waals surface area contributed by atoms with E-state index in [-0.39, 0.29) is 5.56 Å². The average molecular weight is 259 g/mol. The van der Waals surface area contributed by atoms with Crippen LogP contribution < -0.4 is 10.9 Å². The molecule has 0 spiro atoms. The van der Waals surface area contributed by atoms with Gasteiger partial charge in [0, 0.05) is 30.9 Å². The molecule has 0 amide bonds. The summed E-state index contributed by atoms with van der Waals surface area (Å²) < 4.78 is 3.16. The summed E-state index contributed by atoms with van der Waals surface area (Å²) in [4.78, 5) is 12.0. The maximum atomic E-state index is 12.0. The summed E-state index contributed by atoms with van der Waals surface area (Å²) in [6, 6.07) is 2.12. The van der Waals surface area contributed by atoms with Crippen molar-refractivity contribution in [3.63, 3.8) is 0 Å². The molecule has 0 aromatic carbocycles. The van der Waals surface area contributed by atoms with Crippen molar-refractivity contribution >= 4 is 5.69 Å². The molecule has 0 bridgehead atoms. The SMILES string of the molecule is Cn1cc(Cn2ncc(NC3CCC3)cc2=O)cn1. The van der Waals surface area contributed by atoms with Crippen molar-refractivity contribution in [3.8, 4) is 0 Å². The highest BCUT2D eigenvalue weighted by molar-refractivity contribution is 5.40. The Morgan fingerprint density at radius 3 is 2.79 bits per heavy atom. The molecule has 1 aliphatic rings. The highest BCUT2D eigenvalue weighted by Gasteiger charge is 2.17. The molecule has 1 fully saturated rings. The molecule has 1 saturated carbocycles. The molecule has 0 aliphatic heterocycles. The van der Waals surface area contributed by atoms with Crippen LogP contribution in [0, 0.1) is 0 Å². The van der Waals surface area contributed by atoms with Crippen LogP contribution in [0.4, 0.5) is 5.69 Å². The molecule has 1 N–H and O–H groups in total. The van der Waals surface area contributed by atoms with Crippen LogP contribution in [-0.2, 0) is 13.6 Å². The second-order valence-corrected chi connectivity index (χ2v) is 5.03. The Bertz CT molecular complexity index is 626. The topological polar surface area (TPSA) is 64.7 Å². The van der Waals surface area contributed by atoms with Gasteiger partial charge in [-0.2, -0.15) is 10.2 Å².